The summed E-state index contributed by atoms with van der Waals surface area (Å²) in [6.07, 6.45) is 32.1. The maximum absolute atomic E-state index is 14.2. The maximum Gasteiger partial charge on any atom is 0.303 e. The molecule has 1 aliphatic heterocycles. The average molecular weight is 882 g/mol. The molecule has 1 heterocycles. The zero-order chi connectivity index (χ0) is 45.9. The number of Topliss-reactive ketones (excluding diaryl/α,β-unsaturated/α-hetero) is 1. The smallest absolute Gasteiger partial charge is 0.303 e. The van der Waals surface area contributed by atoms with Crippen molar-refractivity contribution in [1.82, 2.24) is 10.2 Å². The Morgan fingerprint density at radius 2 is 0.968 bits per heavy atom. The number of nitrogens with two attached hydrogens (primary N) is 1. The fraction of sp³-hybridized carbons (Fsp3) is 0.920. The monoisotopic (exact) mass is 882 g/mol. The third-order valence-corrected chi connectivity index (χ3v) is 12.9. The summed E-state index contributed by atoms with van der Waals surface area (Å²) in [4.78, 5) is 53.2. The lowest BCUT2D eigenvalue weighted by atomic mass is 9.80. The normalized spacial score (nSPS) is 20.6. The number of aliphatic hydroxyl groups excluding tert-OH is 3. The van der Waals surface area contributed by atoms with Crippen molar-refractivity contribution in [2.75, 3.05) is 13.2 Å². The van der Waals surface area contributed by atoms with Crippen molar-refractivity contribution in [1.29, 1.82) is 0 Å². The number of carboxylic acids is 1. The first-order chi connectivity index (χ1) is 29.9. The molecule has 0 unspecified atom stereocenters. The molecular weight excluding hydrogens is 787 g/mol. The van der Waals surface area contributed by atoms with E-state index in [-0.39, 0.29) is 38.1 Å². The van der Waals surface area contributed by atoms with Crippen LogP contribution in [-0.4, -0.2) is 92.2 Å². The minimum absolute atomic E-state index is 0.0792. The summed E-state index contributed by atoms with van der Waals surface area (Å²) in [5, 5.41) is 44.0. The summed E-state index contributed by atoms with van der Waals surface area (Å²) in [6, 6.07) is -1.19. The van der Waals surface area contributed by atoms with Crippen LogP contribution in [0.5, 0.6) is 0 Å². The highest BCUT2D eigenvalue weighted by atomic mass is 16.6. The highest BCUT2D eigenvalue weighted by Gasteiger charge is 2.59. The number of aliphatic hydroxyl groups is 3. The Labute approximate surface area is 377 Å². The lowest BCUT2D eigenvalue weighted by Gasteiger charge is -2.53. The lowest BCUT2D eigenvalue weighted by Crippen LogP contribution is -2.76. The summed E-state index contributed by atoms with van der Waals surface area (Å²) < 4.78 is 6.10. The average Bonchev–Trinajstić information content (AvgIpc) is 3.24. The summed E-state index contributed by atoms with van der Waals surface area (Å²) >= 11 is 0. The zero-order valence-electron chi connectivity index (χ0n) is 39.9. The molecule has 7 N–H and O–H groups in total. The molecule has 6 atom stereocenters. The number of amides is 2. The standard InChI is InChI=1S/C50H95N3O9/c1-4-6-8-10-12-14-16-18-20-22-24-26-28-30-32-34-39-53(44(56)37-33-31-29-27-25-23-21-19-17-15-13-11-9-7-5-2)50(51)46(49(61)48(60)42(40-54)62-50)47(59)41(3)52-43(55)36-35-38-45(57)58/h41-42,46,48-49,54,60-61H,4-40,51H2,1-3H3,(H,52,55)(H,57,58)/t41-,42+,46+,48+,49+,50-/m0/s1. The third-order valence-electron chi connectivity index (χ3n) is 12.9. The van der Waals surface area contributed by atoms with Crippen LogP contribution in [0.1, 0.15) is 245 Å². The zero-order valence-corrected chi connectivity index (χ0v) is 39.9. The molecule has 0 aromatic carbocycles. The molecule has 1 rings (SSSR count). The molecule has 0 aromatic rings. The lowest BCUT2D eigenvalue weighted by molar-refractivity contribution is -0.291. The van der Waals surface area contributed by atoms with Crippen LogP contribution in [0.25, 0.3) is 0 Å². The van der Waals surface area contributed by atoms with Crippen molar-refractivity contribution >= 4 is 23.6 Å². The van der Waals surface area contributed by atoms with Gasteiger partial charge in [-0.25, -0.2) is 0 Å². The first-order valence-electron chi connectivity index (χ1n) is 25.7. The molecule has 12 heteroatoms. The number of carboxylic acid groups (broad SMARTS) is 1. The van der Waals surface area contributed by atoms with Crippen LogP contribution in [0.2, 0.25) is 0 Å². The van der Waals surface area contributed by atoms with E-state index in [2.05, 4.69) is 19.2 Å². The van der Waals surface area contributed by atoms with Crippen LogP contribution in [0.15, 0.2) is 0 Å². The van der Waals surface area contributed by atoms with Crippen molar-refractivity contribution in [3.8, 4) is 0 Å². The van der Waals surface area contributed by atoms with Gasteiger partial charge in [0.15, 0.2) is 5.78 Å². The van der Waals surface area contributed by atoms with Crippen molar-refractivity contribution in [2.45, 2.75) is 276 Å². The Bertz CT molecular complexity index is 1160. The van der Waals surface area contributed by atoms with Gasteiger partial charge in [-0.1, -0.05) is 200 Å². The molecule has 0 radical (unpaired) electrons. The Morgan fingerprint density at radius 1 is 0.581 bits per heavy atom. The fourth-order valence-electron chi connectivity index (χ4n) is 8.95. The second kappa shape index (κ2) is 37.1. The van der Waals surface area contributed by atoms with Crippen LogP contribution in [0.3, 0.4) is 0 Å². The molecule has 0 bridgehead atoms. The molecule has 62 heavy (non-hydrogen) atoms. The van der Waals surface area contributed by atoms with E-state index >= 15 is 0 Å². The molecule has 1 aliphatic rings. The summed E-state index contributed by atoms with van der Waals surface area (Å²) in [5.74, 6) is -6.49. The molecule has 12 nitrogen and oxygen atoms in total. The van der Waals surface area contributed by atoms with Crippen LogP contribution < -0.4 is 11.1 Å². The largest absolute Gasteiger partial charge is 0.481 e. The third kappa shape index (κ3) is 25.4. The van der Waals surface area contributed by atoms with Crippen LogP contribution in [0.4, 0.5) is 0 Å². The quantitative estimate of drug-likeness (QED) is 0.0253. The van der Waals surface area contributed by atoms with Gasteiger partial charge in [0.05, 0.1) is 18.8 Å². The summed E-state index contributed by atoms with van der Waals surface area (Å²) in [6.45, 7) is 5.38. The molecule has 0 spiro atoms. The first-order valence-corrected chi connectivity index (χ1v) is 25.7. The minimum atomic E-state index is -2.20. The van der Waals surface area contributed by atoms with Gasteiger partial charge in [0.1, 0.15) is 18.1 Å². The molecule has 0 saturated carbocycles. The number of nitrogens with zero attached hydrogens (tertiary/aromatic N) is 1. The number of unbranched alkanes of at least 4 members (excludes halogenated alkanes) is 29. The van der Waals surface area contributed by atoms with Gasteiger partial charge in [0, 0.05) is 25.8 Å². The molecule has 1 saturated heterocycles. The van der Waals surface area contributed by atoms with E-state index in [1.54, 1.807) is 0 Å². The number of carbonyl (C=O) groups excluding carboxylic acids is 3. The topological polar surface area (TPSA) is 200 Å². The van der Waals surface area contributed by atoms with Crippen molar-refractivity contribution < 1.29 is 44.3 Å². The Morgan fingerprint density at radius 3 is 1.35 bits per heavy atom. The maximum atomic E-state index is 14.2. The number of rotatable bonds is 42. The molecule has 0 aliphatic carbocycles. The van der Waals surface area contributed by atoms with E-state index in [4.69, 9.17) is 15.6 Å². The SMILES string of the molecule is CCCCCCCCCCCCCCCCCCN(C(=O)CCCCCCCCCCCCCCCCC)[C@]1(N)O[C@H](CO)[C@@H](O)[C@H](O)[C@H]1C(=O)[C@H](C)NC(=O)CCCC(=O)O. The van der Waals surface area contributed by atoms with E-state index in [0.29, 0.717) is 12.8 Å². The van der Waals surface area contributed by atoms with E-state index < -0.39 is 60.4 Å². The van der Waals surface area contributed by atoms with Crippen LogP contribution in [0, 0.1) is 5.92 Å². The summed E-state index contributed by atoms with van der Waals surface area (Å²) in [7, 11) is 0. The second-order valence-electron chi connectivity index (χ2n) is 18.5. The number of hydrogen-bond acceptors (Lipinski definition) is 9. The Balaban J connectivity index is 2.84. The van der Waals surface area contributed by atoms with Gasteiger partial charge in [0.25, 0.3) is 0 Å². The van der Waals surface area contributed by atoms with E-state index in [9.17, 15) is 34.5 Å². The fourth-order valence-corrected chi connectivity index (χ4v) is 8.95. The number of hydrogen-bond donors (Lipinski definition) is 6. The number of ether oxygens (including phenoxy) is 1. The van der Waals surface area contributed by atoms with Gasteiger partial charge in [-0.3, -0.25) is 24.9 Å². The van der Waals surface area contributed by atoms with Gasteiger partial charge in [-0.15, -0.1) is 0 Å². The van der Waals surface area contributed by atoms with Crippen molar-refractivity contribution in [2.24, 2.45) is 11.7 Å². The minimum Gasteiger partial charge on any atom is -0.481 e. The van der Waals surface area contributed by atoms with Crippen LogP contribution >= 0.6 is 0 Å². The Hall–Kier alpha value is -2.12. The van der Waals surface area contributed by atoms with Crippen molar-refractivity contribution in [3.05, 3.63) is 0 Å². The number of aliphatic carboxylic acids is 1. The van der Waals surface area contributed by atoms with Gasteiger partial charge in [-0.2, -0.15) is 0 Å². The van der Waals surface area contributed by atoms with E-state index in [1.165, 1.54) is 153 Å². The van der Waals surface area contributed by atoms with Crippen molar-refractivity contribution in [3.63, 3.8) is 0 Å². The predicted molar refractivity (Wildman–Crippen MR) is 249 cm³/mol. The Kier molecular flexibility index (Phi) is 34.7. The van der Waals surface area contributed by atoms with Gasteiger partial charge in [0.2, 0.25) is 17.7 Å². The second-order valence-corrected chi connectivity index (χ2v) is 18.5. The molecule has 364 valence electrons. The molecule has 2 amide bonds. The van der Waals surface area contributed by atoms with E-state index in [1.807, 2.05) is 0 Å². The predicted octanol–water partition coefficient (Wildman–Crippen LogP) is 10.0. The first kappa shape index (κ1) is 57.9. The number of nitrogens with one attached hydrogen (secondary N) is 1. The summed E-state index contributed by atoms with van der Waals surface area (Å²) in [5.41, 5.74) is 6.97. The molecule has 1 fully saturated rings. The molecule has 0 aromatic heterocycles. The van der Waals surface area contributed by atoms with Gasteiger partial charge < -0.3 is 35.4 Å². The van der Waals surface area contributed by atoms with E-state index in [0.717, 1.165) is 44.9 Å². The van der Waals surface area contributed by atoms with Gasteiger partial charge >= 0.3 is 5.97 Å². The number of ketones is 1. The highest BCUT2D eigenvalue weighted by molar-refractivity contribution is 5.92. The molecular formula is C50H95N3O9. The van der Waals surface area contributed by atoms with Crippen LogP contribution in [-0.2, 0) is 23.9 Å². The highest BCUT2D eigenvalue weighted by Crippen LogP contribution is 2.37. The number of carbonyl (C=O) groups is 4. The van der Waals surface area contributed by atoms with Gasteiger partial charge in [-0.05, 0) is 26.2 Å².